The molecule has 4 atom stereocenters. The van der Waals surface area contributed by atoms with Gasteiger partial charge >= 0.3 is 0 Å². The number of carbonyl (C=O) groups is 4. The van der Waals surface area contributed by atoms with Gasteiger partial charge in [-0.15, -0.1) is 0 Å². The van der Waals surface area contributed by atoms with Crippen LogP contribution in [0.3, 0.4) is 0 Å². The van der Waals surface area contributed by atoms with Gasteiger partial charge in [-0.05, 0) is 44.5 Å². The average Bonchev–Trinajstić information content (AvgIpc) is 2.80. The largest absolute Gasteiger partial charge is 0.508 e. The van der Waals surface area contributed by atoms with E-state index < -0.39 is 63.8 Å². The van der Waals surface area contributed by atoms with E-state index in [0.717, 1.165) is 0 Å². The highest BCUT2D eigenvalue weighted by Gasteiger charge is 2.64. The molecule has 0 heterocycles. The molecule has 1 aromatic rings. The zero-order valence-corrected chi connectivity index (χ0v) is 21.3. The highest BCUT2D eigenvalue weighted by Crippen LogP contribution is 2.54. The number of hydrogen-bond acceptors (Lipinski definition) is 10. The smallest absolute Gasteiger partial charge is 0.255 e. The fourth-order valence-electron chi connectivity index (χ4n) is 6.09. The molecule has 11 heteroatoms. The lowest BCUT2D eigenvalue weighted by atomic mass is 9.57. The molecule has 6 N–H and O–H groups in total. The standard InChI is InChI=1S/C26H31N3O8/c1-6-15(30)12-9-14(28(2)3)11-7-10-8-13-19(29(4)5)22(33)18(25(27)36)24(35)26(13,37)23(34)16(10)21(32)17(11)20(12)31/h9-10,13,19,31-32,35,37H,6-8H2,1-5H3,(H2,27,36)/t10?,13?,19-,26-/m0/s1. The number of anilines is 1. The van der Waals surface area contributed by atoms with Gasteiger partial charge in [0, 0.05) is 37.7 Å². The molecule has 0 bridgehead atoms. The Kier molecular flexibility index (Phi) is 6.20. The lowest BCUT2D eigenvalue weighted by Crippen LogP contribution is -2.65. The minimum atomic E-state index is -2.71. The van der Waals surface area contributed by atoms with Gasteiger partial charge in [0.1, 0.15) is 22.8 Å². The van der Waals surface area contributed by atoms with Crippen molar-refractivity contribution < 1.29 is 39.6 Å². The molecule has 198 valence electrons. The Morgan fingerprint density at radius 2 is 1.76 bits per heavy atom. The van der Waals surface area contributed by atoms with Gasteiger partial charge in [-0.1, -0.05) is 6.92 Å². The minimum Gasteiger partial charge on any atom is -0.508 e. The topological polar surface area (TPSA) is 182 Å². The molecule has 0 radical (unpaired) electrons. The number of phenolic OH excluding ortho intramolecular Hbond substituents is 1. The summed E-state index contributed by atoms with van der Waals surface area (Å²) in [7, 11) is 6.57. The number of aromatic hydroxyl groups is 1. The Labute approximate surface area is 213 Å². The van der Waals surface area contributed by atoms with Gasteiger partial charge < -0.3 is 31.1 Å². The Morgan fingerprint density at radius 1 is 1.14 bits per heavy atom. The number of benzene rings is 1. The predicted molar refractivity (Wildman–Crippen MR) is 133 cm³/mol. The number of hydrogen-bond donors (Lipinski definition) is 5. The molecule has 37 heavy (non-hydrogen) atoms. The Morgan fingerprint density at radius 3 is 2.27 bits per heavy atom. The molecule has 2 unspecified atom stereocenters. The van der Waals surface area contributed by atoms with Crippen LogP contribution in [0.25, 0.3) is 5.76 Å². The lowest BCUT2D eigenvalue weighted by molar-refractivity contribution is -0.153. The number of aliphatic hydroxyl groups excluding tert-OH is 2. The fourth-order valence-corrected chi connectivity index (χ4v) is 6.09. The zero-order valence-electron chi connectivity index (χ0n) is 21.3. The molecule has 11 nitrogen and oxygen atoms in total. The molecule has 0 aliphatic heterocycles. The number of aliphatic hydroxyl groups is 3. The minimum absolute atomic E-state index is 0.00493. The van der Waals surface area contributed by atoms with Crippen LogP contribution in [-0.2, 0) is 20.8 Å². The van der Waals surface area contributed by atoms with Gasteiger partial charge in [-0.3, -0.25) is 24.1 Å². The number of Topliss-reactive ketones (excluding diaryl/α,β-unsaturated/α-hetero) is 3. The van der Waals surface area contributed by atoms with Crippen molar-refractivity contribution in [2.75, 3.05) is 33.1 Å². The third kappa shape index (κ3) is 3.48. The van der Waals surface area contributed by atoms with Crippen molar-refractivity contribution in [1.29, 1.82) is 0 Å². The average molecular weight is 514 g/mol. The van der Waals surface area contributed by atoms with Crippen molar-refractivity contribution in [1.82, 2.24) is 4.90 Å². The number of amides is 1. The van der Waals surface area contributed by atoms with Gasteiger partial charge in [0.15, 0.2) is 17.2 Å². The fraction of sp³-hybridized carbons (Fsp3) is 0.462. The summed E-state index contributed by atoms with van der Waals surface area (Å²) in [6, 6.07) is 0.392. The molecule has 1 fully saturated rings. The Hall–Kier alpha value is -3.70. The molecule has 0 saturated heterocycles. The lowest BCUT2D eigenvalue weighted by Gasteiger charge is -2.50. The maximum absolute atomic E-state index is 13.9. The molecule has 0 aromatic heterocycles. The van der Waals surface area contributed by atoms with E-state index in [9.17, 15) is 39.6 Å². The summed E-state index contributed by atoms with van der Waals surface area (Å²) in [6.45, 7) is 1.63. The quantitative estimate of drug-likeness (QED) is 0.276. The van der Waals surface area contributed by atoms with Crippen molar-refractivity contribution in [2.24, 2.45) is 17.6 Å². The number of ketones is 3. The number of primary amides is 1. The highest BCUT2D eigenvalue weighted by molar-refractivity contribution is 6.24. The second kappa shape index (κ2) is 8.70. The van der Waals surface area contributed by atoms with Crippen LogP contribution >= 0.6 is 0 Å². The van der Waals surface area contributed by atoms with Crippen molar-refractivity contribution in [3.05, 3.63) is 39.7 Å². The van der Waals surface area contributed by atoms with Gasteiger partial charge in [0.2, 0.25) is 5.78 Å². The first-order valence-corrected chi connectivity index (χ1v) is 11.9. The SMILES string of the molecule is CCC(=O)c1cc(N(C)C)c2c(c1O)C(O)=C1C(=O)[C@]3(O)C(O)=C(C(N)=O)C(=O)[C@@H](N(C)C)C3CC1C2. The number of rotatable bonds is 5. The van der Waals surface area contributed by atoms with E-state index in [4.69, 9.17) is 5.73 Å². The summed E-state index contributed by atoms with van der Waals surface area (Å²) in [5, 5.41) is 45.0. The molecule has 1 aromatic carbocycles. The Bertz CT molecular complexity index is 1330. The first-order chi connectivity index (χ1) is 17.2. The molecule has 1 amide bonds. The van der Waals surface area contributed by atoms with Crippen LogP contribution in [0.4, 0.5) is 5.69 Å². The van der Waals surface area contributed by atoms with Gasteiger partial charge in [-0.2, -0.15) is 0 Å². The Balaban J connectivity index is 2.02. The van der Waals surface area contributed by atoms with Crippen LogP contribution in [-0.4, -0.2) is 88.4 Å². The van der Waals surface area contributed by atoms with Crippen LogP contribution in [0.5, 0.6) is 5.75 Å². The van der Waals surface area contributed by atoms with Crippen molar-refractivity contribution in [3.63, 3.8) is 0 Å². The van der Waals surface area contributed by atoms with E-state index in [1.54, 1.807) is 46.1 Å². The second-order valence-electron chi connectivity index (χ2n) is 10.3. The van der Waals surface area contributed by atoms with Gasteiger partial charge in [-0.25, -0.2) is 0 Å². The summed E-state index contributed by atoms with van der Waals surface area (Å²) in [4.78, 5) is 54.8. The first-order valence-electron chi connectivity index (χ1n) is 11.9. The van der Waals surface area contributed by atoms with Crippen molar-refractivity contribution in [2.45, 2.75) is 37.8 Å². The van der Waals surface area contributed by atoms with Crippen molar-refractivity contribution >= 4 is 34.7 Å². The molecule has 0 spiro atoms. The molecular formula is C26H31N3O8. The summed E-state index contributed by atoms with van der Waals surface area (Å²) < 4.78 is 0. The molecule has 3 aliphatic carbocycles. The van der Waals surface area contributed by atoms with E-state index in [1.165, 1.54) is 4.90 Å². The number of carbonyl (C=O) groups excluding carboxylic acids is 4. The van der Waals surface area contributed by atoms with Crippen LogP contribution in [0.2, 0.25) is 0 Å². The van der Waals surface area contributed by atoms with E-state index in [1.807, 2.05) is 0 Å². The summed E-state index contributed by atoms with van der Waals surface area (Å²) in [5.41, 5.74) is 2.44. The predicted octanol–water partition coefficient (Wildman–Crippen LogP) is 0.623. The monoisotopic (exact) mass is 513 g/mol. The second-order valence-corrected chi connectivity index (χ2v) is 10.3. The molecule has 4 rings (SSSR count). The summed E-state index contributed by atoms with van der Waals surface area (Å²) in [6.07, 6.45) is 0.235. The zero-order chi connectivity index (χ0) is 27.7. The highest BCUT2D eigenvalue weighted by atomic mass is 16.3. The van der Waals surface area contributed by atoms with E-state index in [-0.39, 0.29) is 41.7 Å². The maximum atomic E-state index is 13.9. The first kappa shape index (κ1) is 26.4. The van der Waals surface area contributed by atoms with E-state index >= 15 is 0 Å². The number of phenols is 1. The van der Waals surface area contributed by atoms with Crippen LogP contribution in [0.15, 0.2) is 23.0 Å². The molecule has 1 saturated carbocycles. The number of nitrogens with zero attached hydrogens (tertiary/aromatic N) is 2. The number of fused-ring (bicyclic) bond motifs is 3. The third-order valence-electron chi connectivity index (χ3n) is 7.80. The van der Waals surface area contributed by atoms with Gasteiger partial charge in [0.25, 0.3) is 5.91 Å². The summed E-state index contributed by atoms with van der Waals surface area (Å²) >= 11 is 0. The van der Waals surface area contributed by atoms with Crippen LogP contribution in [0.1, 0.15) is 41.3 Å². The maximum Gasteiger partial charge on any atom is 0.255 e. The third-order valence-corrected chi connectivity index (χ3v) is 7.80. The normalized spacial score (nSPS) is 27.2. The van der Waals surface area contributed by atoms with E-state index in [2.05, 4.69) is 0 Å². The van der Waals surface area contributed by atoms with Crippen LogP contribution in [0, 0.1) is 11.8 Å². The van der Waals surface area contributed by atoms with Crippen LogP contribution < -0.4 is 10.6 Å². The van der Waals surface area contributed by atoms with E-state index in [0.29, 0.717) is 11.3 Å². The molecule has 3 aliphatic rings. The van der Waals surface area contributed by atoms with Crippen molar-refractivity contribution in [3.8, 4) is 5.75 Å². The summed E-state index contributed by atoms with van der Waals surface area (Å²) in [5.74, 6) is -7.65. The number of likely N-dealkylation sites (N-methyl/N-ethyl adjacent to an activating group) is 1. The van der Waals surface area contributed by atoms with Gasteiger partial charge in [0.05, 0.1) is 17.2 Å². The number of nitrogens with two attached hydrogens (primary N) is 1. The molecular weight excluding hydrogens is 482 g/mol.